The van der Waals surface area contributed by atoms with Crippen LogP contribution in [0, 0.1) is 23.1 Å². The summed E-state index contributed by atoms with van der Waals surface area (Å²) in [6.45, 7) is 9.95. The third-order valence-corrected chi connectivity index (χ3v) is 4.21. The first kappa shape index (κ1) is 16.0. The van der Waals surface area contributed by atoms with Gasteiger partial charge in [0.1, 0.15) is 5.82 Å². The number of benzene rings is 1. The van der Waals surface area contributed by atoms with Gasteiger partial charge in [0.15, 0.2) is 0 Å². The van der Waals surface area contributed by atoms with Gasteiger partial charge in [-0.2, -0.15) is 0 Å². The van der Waals surface area contributed by atoms with Crippen molar-refractivity contribution in [2.75, 3.05) is 13.1 Å². The van der Waals surface area contributed by atoms with Crippen LogP contribution in [0.4, 0.5) is 4.39 Å². The number of hydrogen-bond acceptors (Lipinski definition) is 2. The largest absolute Gasteiger partial charge is 0.348 e. The lowest BCUT2D eigenvalue weighted by Crippen LogP contribution is -2.41. The third kappa shape index (κ3) is 3.82. The zero-order valence-corrected chi connectivity index (χ0v) is 13.2. The summed E-state index contributed by atoms with van der Waals surface area (Å²) >= 11 is 0. The molecular weight excluding hydrogens is 267 g/mol. The molecule has 0 aliphatic carbocycles. The molecule has 1 amide bonds. The molecule has 3 unspecified atom stereocenters. The van der Waals surface area contributed by atoms with Crippen LogP contribution in [0.15, 0.2) is 24.3 Å². The van der Waals surface area contributed by atoms with Crippen molar-refractivity contribution in [1.29, 1.82) is 0 Å². The van der Waals surface area contributed by atoms with Crippen LogP contribution in [0.2, 0.25) is 0 Å². The number of carbonyl (C=O) groups is 1. The molecule has 0 radical (unpaired) electrons. The molecule has 4 heteroatoms. The molecule has 3 nitrogen and oxygen atoms in total. The van der Waals surface area contributed by atoms with Crippen LogP contribution < -0.4 is 10.6 Å². The van der Waals surface area contributed by atoms with Gasteiger partial charge in [-0.25, -0.2) is 4.39 Å². The average molecular weight is 292 g/mol. The van der Waals surface area contributed by atoms with Crippen LogP contribution in [-0.2, 0) is 4.79 Å². The van der Waals surface area contributed by atoms with Crippen LogP contribution in [0.1, 0.15) is 39.3 Å². The highest BCUT2D eigenvalue weighted by molar-refractivity contribution is 5.80. The second-order valence-corrected chi connectivity index (χ2v) is 7.10. The van der Waals surface area contributed by atoms with Crippen molar-refractivity contribution in [3.63, 3.8) is 0 Å². The minimum absolute atomic E-state index is 0.00954. The summed E-state index contributed by atoms with van der Waals surface area (Å²) in [7, 11) is 0. The Labute approximate surface area is 126 Å². The quantitative estimate of drug-likeness (QED) is 0.899. The zero-order valence-electron chi connectivity index (χ0n) is 13.2. The Morgan fingerprint density at radius 1 is 1.29 bits per heavy atom. The van der Waals surface area contributed by atoms with E-state index >= 15 is 0 Å². The van der Waals surface area contributed by atoms with E-state index in [4.69, 9.17) is 0 Å². The van der Waals surface area contributed by atoms with Gasteiger partial charge >= 0.3 is 0 Å². The highest BCUT2D eigenvalue weighted by Crippen LogP contribution is 2.33. The minimum Gasteiger partial charge on any atom is -0.348 e. The molecule has 1 fully saturated rings. The molecule has 0 bridgehead atoms. The second-order valence-electron chi connectivity index (χ2n) is 7.10. The van der Waals surface area contributed by atoms with Gasteiger partial charge in [0.25, 0.3) is 0 Å². The Morgan fingerprint density at radius 3 is 2.38 bits per heavy atom. The SMILES string of the molecule is CC1CNCC1C(=O)NC(c1ccc(F)cc1)C(C)(C)C. The summed E-state index contributed by atoms with van der Waals surface area (Å²) in [4.78, 5) is 12.5. The maximum atomic E-state index is 13.1. The average Bonchev–Trinajstić information content (AvgIpc) is 2.82. The van der Waals surface area contributed by atoms with E-state index in [1.165, 1.54) is 12.1 Å². The van der Waals surface area contributed by atoms with Gasteiger partial charge in [0.2, 0.25) is 5.91 Å². The lowest BCUT2D eigenvalue weighted by atomic mass is 9.81. The number of amides is 1. The molecule has 1 aliphatic rings. The van der Waals surface area contributed by atoms with Crippen molar-refractivity contribution in [2.45, 2.75) is 33.7 Å². The molecule has 3 atom stereocenters. The molecule has 1 heterocycles. The maximum Gasteiger partial charge on any atom is 0.225 e. The summed E-state index contributed by atoms with van der Waals surface area (Å²) in [5.74, 6) is 0.178. The number of carbonyl (C=O) groups excluding carboxylic acids is 1. The van der Waals surface area contributed by atoms with Crippen LogP contribution in [0.5, 0.6) is 0 Å². The zero-order chi connectivity index (χ0) is 15.6. The molecule has 0 spiro atoms. The summed E-state index contributed by atoms with van der Waals surface area (Å²) < 4.78 is 13.1. The van der Waals surface area contributed by atoms with E-state index in [0.717, 1.165) is 18.7 Å². The van der Waals surface area contributed by atoms with E-state index in [9.17, 15) is 9.18 Å². The van der Waals surface area contributed by atoms with Gasteiger partial charge < -0.3 is 10.6 Å². The van der Waals surface area contributed by atoms with Gasteiger partial charge in [-0.15, -0.1) is 0 Å². The monoisotopic (exact) mass is 292 g/mol. The molecule has 116 valence electrons. The van der Waals surface area contributed by atoms with Crippen molar-refractivity contribution in [3.05, 3.63) is 35.6 Å². The van der Waals surface area contributed by atoms with E-state index in [1.807, 2.05) is 0 Å². The van der Waals surface area contributed by atoms with Gasteiger partial charge in [-0.1, -0.05) is 39.8 Å². The lowest BCUT2D eigenvalue weighted by Gasteiger charge is -2.33. The standard InChI is InChI=1S/C17H25FN2O/c1-11-9-19-10-14(11)16(21)20-15(17(2,3)4)12-5-7-13(18)8-6-12/h5-8,11,14-15,19H,9-10H2,1-4H3,(H,20,21). The van der Waals surface area contributed by atoms with Gasteiger partial charge in [-0.05, 0) is 35.6 Å². The van der Waals surface area contributed by atoms with E-state index in [2.05, 4.69) is 38.3 Å². The van der Waals surface area contributed by atoms with E-state index in [0.29, 0.717) is 5.92 Å². The van der Waals surface area contributed by atoms with Crippen LogP contribution in [-0.4, -0.2) is 19.0 Å². The highest BCUT2D eigenvalue weighted by atomic mass is 19.1. The summed E-state index contributed by atoms with van der Waals surface area (Å²) in [5.41, 5.74) is 0.804. The smallest absolute Gasteiger partial charge is 0.225 e. The van der Waals surface area contributed by atoms with Gasteiger partial charge in [0.05, 0.1) is 12.0 Å². The van der Waals surface area contributed by atoms with E-state index in [1.54, 1.807) is 12.1 Å². The van der Waals surface area contributed by atoms with Crippen LogP contribution in [0.25, 0.3) is 0 Å². The summed E-state index contributed by atoms with van der Waals surface area (Å²) in [6.07, 6.45) is 0. The topological polar surface area (TPSA) is 41.1 Å². The Kier molecular flexibility index (Phi) is 4.67. The molecule has 1 saturated heterocycles. The first-order valence-corrected chi connectivity index (χ1v) is 7.55. The highest BCUT2D eigenvalue weighted by Gasteiger charge is 2.34. The van der Waals surface area contributed by atoms with Gasteiger partial charge in [0, 0.05) is 6.54 Å². The normalized spacial score (nSPS) is 23.9. The van der Waals surface area contributed by atoms with E-state index in [-0.39, 0.29) is 29.1 Å². The summed E-state index contributed by atoms with van der Waals surface area (Å²) in [5, 5.41) is 6.42. The Morgan fingerprint density at radius 2 is 1.90 bits per heavy atom. The molecule has 1 aromatic carbocycles. The second kappa shape index (κ2) is 6.14. The lowest BCUT2D eigenvalue weighted by molar-refractivity contribution is -0.127. The minimum atomic E-state index is -0.258. The van der Waals surface area contributed by atoms with Crippen LogP contribution >= 0.6 is 0 Å². The van der Waals surface area contributed by atoms with Crippen LogP contribution in [0.3, 0.4) is 0 Å². The molecule has 0 aromatic heterocycles. The number of rotatable bonds is 3. The number of hydrogen-bond donors (Lipinski definition) is 2. The Hall–Kier alpha value is -1.42. The molecule has 2 N–H and O–H groups in total. The van der Waals surface area contributed by atoms with Crippen molar-refractivity contribution < 1.29 is 9.18 Å². The maximum absolute atomic E-state index is 13.1. The number of nitrogens with one attached hydrogen (secondary N) is 2. The molecule has 2 rings (SSSR count). The Bertz CT molecular complexity index is 493. The van der Waals surface area contributed by atoms with Crippen molar-refractivity contribution in [1.82, 2.24) is 10.6 Å². The molecule has 1 aromatic rings. The molecular formula is C17H25FN2O. The van der Waals surface area contributed by atoms with Gasteiger partial charge in [-0.3, -0.25) is 4.79 Å². The fourth-order valence-corrected chi connectivity index (χ4v) is 2.87. The fraction of sp³-hybridized carbons (Fsp3) is 0.588. The van der Waals surface area contributed by atoms with Crippen molar-refractivity contribution >= 4 is 5.91 Å². The fourth-order valence-electron chi connectivity index (χ4n) is 2.87. The molecule has 1 aliphatic heterocycles. The first-order valence-electron chi connectivity index (χ1n) is 7.55. The number of halogens is 1. The predicted octanol–water partition coefficient (Wildman–Crippen LogP) is 2.88. The predicted molar refractivity (Wildman–Crippen MR) is 82.3 cm³/mol. The molecule has 21 heavy (non-hydrogen) atoms. The third-order valence-electron chi connectivity index (χ3n) is 4.21. The summed E-state index contributed by atoms with van der Waals surface area (Å²) in [6, 6.07) is 6.27. The Balaban J connectivity index is 2.17. The first-order chi connectivity index (χ1) is 9.79. The van der Waals surface area contributed by atoms with E-state index < -0.39 is 0 Å². The molecule has 0 saturated carbocycles. The van der Waals surface area contributed by atoms with Crippen molar-refractivity contribution in [3.8, 4) is 0 Å². The van der Waals surface area contributed by atoms with Crippen molar-refractivity contribution in [2.24, 2.45) is 17.3 Å².